The molecule has 1 aliphatic carbocycles. The first kappa shape index (κ1) is 10.0. The number of carboxylic acid groups (broad SMARTS) is 1. The van der Waals surface area contributed by atoms with E-state index in [4.69, 9.17) is 5.11 Å². The standard InChI is InChI=1S/C10H9F2NO2/c11-9(12)7-3-6(10(14)15)4-13-8(7)5-1-2-5/h3-5,9H,1-2H2,(H,14,15). The molecular weight excluding hydrogens is 204 g/mol. The number of carbonyl (C=O) groups is 1. The van der Waals surface area contributed by atoms with Crippen LogP contribution in [0.3, 0.4) is 0 Å². The summed E-state index contributed by atoms with van der Waals surface area (Å²) in [6.45, 7) is 0. The lowest BCUT2D eigenvalue weighted by atomic mass is 10.1. The van der Waals surface area contributed by atoms with Crippen LogP contribution < -0.4 is 0 Å². The van der Waals surface area contributed by atoms with Gasteiger partial charge in [0.05, 0.1) is 11.3 Å². The van der Waals surface area contributed by atoms with Crippen molar-refractivity contribution in [3.63, 3.8) is 0 Å². The zero-order valence-corrected chi connectivity index (χ0v) is 7.78. The normalized spacial score (nSPS) is 15.7. The molecule has 0 radical (unpaired) electrons. The molecular formula is C10H9F2NO2. The Hall–Kier alpha value is -1.52. The van der Waals surface area contributed by atoms with Gasteiger partial charge in [-0.15, -0.1) is 0 Å². The Morgan fingerprint density at radius 1 is 1.53 bits per heavy atom. The van der Waals surface area contributed by atoms with Gasteiger partial charge in [-0.05, 0) is 18.9 Å². The van der Waals surface area contributed by atoms with Gasteiger partial charge in [0, 0.05) is 17.7 Å². The zero-order valence-electron chi connectivity index (χ0n) is 7.78. The first-order valence-corrected chi connectivity index (χ1v) is 4.61. The minimum absolute atomic E-state index is 0.0943. The monoisotopic (exact) mass is 213 g/mol. The van der Waals surface area contributed by atoms with Crippen LogP contribution in [0.1, 0.15) is 46.8 Å². The van der Waals surface area contributed by atoms with E-state index in [1.807, 2.05) is 0 Å². The van der Waals surface area contributed by atoms with Crippen molar-refractivity contribution >= 4 is 5.97 Å². The summed E-state index contributed by atoms with van der Waals surface area (Å²) in [6.07, 6.45) is 0.201. The van der Waals surface area contributed by atoms with Crippen molar-refractivity contribution < 1.29 is 18.7 Å². The van der Waals surface area contributed by atoms with Gasteiger partial charge in [0.2, 0.25) is 0 Å². The van der Waals surface area contributed by atoms with Gasteiger partial charge in [0.1, 0.15) is 0 Å². The maximum Gasteiger partial charge on any atom is 0.337 e. The number of aromatic carboxylic acids is 1. The maximum absolute atomic E-state index is 12.6. The molecule has 0 spiro atoms. The molecule has 1 N–H and O–H groups in total. The summed E-state index contributed by atoms with van der Waals surface area (Å²) in [4.78, 5) is 14.4. The SMILES string of the molecule is O=C(O)c1cnc(C2CC2)c(C(F)F)c1. The van der Waals surface area contributed by atoms with Crippen LogP contribution in [0.15, 0.2) is 12.3 Å². The lowest BCUT2D eigenvalue weighted by molar-refractivity contribution is 0.0696. The molecule has 1 saturated carbocycles. The van der Waals surface area contributed by atoms with Crippen LogP contribution in [-0.2, 0) is 0 Å². The van der Waals surface area contributed by atoms with Crippen LogP contribution >= 0.6 is 0 Å². The second kappa shape index (κ2) is 3.56. The summed E-state index contributed by atoms with van der Waals surface area (Å²) in [5.74, 6) is -1.14. The Balaban J connectivity index is 2.43. The highest BCUT2D eigenvalue weighted by Crippen LogP contribution is 2.42. The van der Waals surface area contributed by atoms with Crippen LogP contribution in [-0.4, -0.2) is 16.1 Å². The molecule has 1 aromatic heterocycles. The summed E-state index contributed by atoms with van der Waals surface area (Å²) >= 11 is 0. The summed E-state index contributed by atoms with van der Waals surface area (Å²) in [5.41, 5.74) is -0.0675. The minimum Gasteiger partial charge on any atom is -0.478 e. The molecule has 15 heavy (non-hydrogen) atoms. The lowest BCUT2D eigenvalue weighted by Crippen LogP contribution is -2.03. The van der Waals surface area contributed by atoms with Crippen molar-refractivity contribution in [1.29, 1.82) is 0 Å². The molecule has 0 unspecified atom stereocenters. The Bertz CT molecular complexity index is 402. The topological polar surface area (TPSA) is 50.2 Å². The number of rotatable bonds is 3. The van der Waals surface area contributed by atoms with Gasteiger partial charge in [-0.1, -0.05) is 0 Å². The number of nitrogens with zero attached hydrogens (tertiary/aromatic N) is 1. The minimum atomic E-state index is -2.66. The van der Waals surface area contributed by atoms with Crippen LogP contribution in [0.25, 0.3) is 0 Å². The molecule has 0 saturated heterocycles. The molecule has 0 atom stereocenters. The number of hydrogen-bond acceptors (Lipinski definition) is 2. The van der Waals surface area contributed by atoms with E-state index >= 15 is 0 Å². The molecule has 2 rings (SSSR count). The number of hydrogen-bond donors (Lipinski definition) is 1. The van der Waals surface area contributed by atoms with E-state index in [9.17, 15) is 13.6 Å². The van der Waals surface area contributed by atoms with E-state index in [-0.39, 0.29) is 17.0 Å². The summed E-state index contributed by atoms with van der Waals surface area (Å²) in [5, 5.41) is 8.65. The Morgan fingerprint density at radius 3 is 2.67 bits per heavy atom. The van der Waals surface area contributed by atoms with Crippen LogP contribution in [0.4, 0.5) is 8.78 Å². The fourth-order valence-electron chi connectivity index (χ4n) is 1.48. The third kappa shape index (κ3) is 1.95. The quantitative estimate of drug-likeness (QED) is 0.839. The van der Waals surface area contributed by atoms with E-state index < -0.39 is 12.4 Å². The molecule has 0 amide bonds. The smallest absolute Gasteiger partial charge is 0.337 e. The lowest BCUT2D eigenvalue weighted by Gasteiger charge is -2.07. The van der Waals surface area contributed by atoms with Gasteiger partial charge in [-0.2, -0.15) is 0 Å². The van der Waals surface area contributed by atoms with E-state index in [1.165, 1.54) is 0 Å². The highest BCUT2D eigenvalue weighted by molar-refractivity contribution is 5.87. The highest BCUT2D eigenvalue weighted by Gasteiger charge is 2.30. The van der Waals surface area contributed by atoms with Crippen LogP contribution in [0, 0.1) is 0 Å². The van der Waals surface area contributed by atoms with Gasteiger partial charge in [0.25, 0.3) is 6.43 Å². The van der Waals surface area contributed by atoms with Crippen molar-refractivity contribution in [3.05, 3.63) is 29.1 Å². The van der Waals surface area contributed by atoms with Gasteiger partial charge >= 0.3 is 5.97 Å². The van der Waals surface area contributed by atoms with Crippen molar-refractivity contribution in [3.8, 4) is 0 Å². The van der Waals surface area contributed by atoms with Gasteiger partial charge < -0.3 is 5.11 Å². The predicted molar refractivity (Wildman–Crippen MR) is 48.1 cm³/mol. The average molecular weight is 213 g/mol. The Kier molecular flexibility index (Phi) is 2.38. The number of alkyl halides is 2. The number of carboxylic acids is 1. The molecule has 0 aliphatic heterocycles. The van der Waals surface area contributed by atoms with Crippen LogP contribution in [0.2, 0.25) is 0 Å². The third-order valence-corrected chi connectivity index (χ3v) is 2.40. The van der Waals surface area contributed by atoms with E-state index in [0.29, 0.717) is 5.69 Å². The van der Waals surface area contributed by atoms with E-state index in [1.54, 1.807) is 0 Å². The third-order valence-electron chi connectivity index (χ3n) is 2.40. The van der Waals surface area contributed by atoms with Crippen molar-refractivity contribution in [2.75, 3.05) is 0 Å². The molecule has 1 fully saturated rings. The molecule has 1 aliphatic rings. The highest BCUT2D eigenvalue weighted by atomic mass is 19.3. The van der Waals surface area contributed by atoms with Crippen molar-refractivity contribution in [2.45, 2.75) is 25.2 Å². The zero-order chi connectivity index (χ0) is 11.0. The molecule has 1 heterocycles. The van der Waals surface area contributed by atoms with E-state index in [2.05, 4.69) is 4.98 Å². The number of aromatic nitrogens is 1. The molecule has 5 heteroatoms. The van der Waals surface area contributed by atoms with Crippen LogP contribution in [0.5, 0.6) is 0 Å². The van der Waals surface area contributed by atoms with Gasteiger partial charge in [-0.25, -0.2) is 13.6 Å². The van der Waals surface area contributed by atoms with Gasteiger partial charge in [0.15, 0.2) is 0 Å². The molecule has 3 nitrogen and oxygen atoms in total. The van der Waals surface area contributed by atoms with Crippen molar-refractivity contribution in [1.82, 2.24) is 4.98 Å². The maximum atomic E-state index is 12.6. The summed E-state index contributed by atoms with van der Waals surface area (Å²) in [6, 6.07) is 1.02. The average Bonchev–Trinajstić information content (AvgIpc) is 2.99. The fourth-order valence-corrected chi connectivity index (χ4v) is 1.48. The van der Waals surface area contributed by atoms with Gasteiger partial charge in [-0.3, -0.25) is 4.98 Å². The predicted octanol–water partition coefficient (Wildman–Crippen LogP) is 2.59. The second-order valence-electron chi connectivity index (χ2n) is 3.58. The Labute approximate surface area is 84.8 Å². The Morgan fingerprint density at radius 2 is 2.20 bits per heavy atom. The first-order valence-electron chi connectivity index (χ1n) is 4.61. The fraction of sp³-hybridized carbons (Fsp3) is 0.400. The summed E-state index contributed by atoms with van der Waals surface area (Å²) in [7, 11) is 0. The molecule has 1 aromatic rings. The number of halogens is 2. The molecule has 0 aromatic carbocycles. The summed E-state index contributed by atoms with van der Waals surface area (Å²) < 4.78 is 25.3. The molecule has 80 valence electrons. The van der Waals surface area contributed by atoms with E-state index in [0.717, 1.165) is 25.1 Å². The molecule has 0 bridgehead atoms. The van der Waals surface area contributed by atoms with Crippen molar-refractivity contribution in [2.24, 2.45) is 0 Å². The largest absolute Gasteiger partial charge is 0.478 e. The number of pyridine rings is 1. The second-order valence-corrected chi connectivity index (χ2v) is 3.58. The first-order chi connectivity index (χ1) is 7.09.